The van der Waals surface area contributed by atoms with Crippen LogP contribution in [0.5, 0.6) is 0 Å². The SMILES string of the molecule is OC1/C(=N\CCCCCCCCCCCC/N=C2/C=Cc3ccccc3C2O)C=Cc2ccccc21. The van der Waals surface area contributed by atoms with Crippen molar-refractivity contribution in [1.29, 1.82) is 0 Å². The maximum atomic E-state index is 10.5. The zero-order valence-electron chi connectivity index (χ0n) is 21.4. The second kappa shape index (κ2) is 14.1. The lowest BCUT2D eigenvalue weighted by Gasteiger charge is -2.18. The van der Waals surface area contributed by atoms with Crippen LogP contribution in [0.4, 0.5) is 0 Å². The van der Waals surface area contributed by atoms with E-state index in [4.69, 9.17) is 0 Å². The summed E-state index contributed by atoms with van der Waals surface area (Å²) in [5.41, 5.74) is 5.66. The lowest BCUT2D eigenvalue weighted by Crippen LogP contribution is -2.15. The summed E-state index contributed by atoms with van der Waals surface area (Å²) in [6, 6.07) is 15.9. The van der Waals surface area contributed by atoms with Gasteiger partial charge in [0.05, 0.1) is 11.4 Å². The van der Waals surface area contributed by atoms with Crippen LogP contribution in [0.3, 0.4) is 0 Å². The second-order valence-electron chi connectivity index (χ2n) is 9.88. The lowest BCUT2D eigenvalue weighted by atomic mass is 9.93. The highest BCUT2D eigenvalue weighted by molar-refractivity contribution is 6.05. The van der Waals surface area contributed by atoms with E-state index in [1.54, 1.807) is 0 Å². The van der Waals surface area contributed by atoms with Gasteiger partial charge in [-0.2, -0.15) is 0 Å². The van der Waals surface area contributed by atoms with Crippen molar-refractivity contribution in [2.24, 2.45) is 9.98 Å². The third-order valence-corrected chi connectivity index (χ3v) is 7.16. The van der Waals surface area contributed by atoms with Crippen LogP contribution >= 0.6 is 0 Å². The zero-order valence-corrected chi connectivity index (χ0v) is 21.4. The molecule has 4 heteroatoms. The number of benzene rings is 2. The summed E-state index contributed by atoms with van der Waals surface area (Å²) in [5.74, 6) is 0. The minimum atomic E-state index is -0.591. The average Bonchev–Trinajstić information content (AvgIpc) is 2.91. The molecule has 0 bridgehead atoms. The Balaban J connectivity index is 0.984. The molecule has 4 rings (SSSR count). The highest BCUT2D eigenvalue weighted by atomic mass is 16.3. The molecule has 0 radical (unpaired) electrons. The smallest absolute Gasteiger partial charge is 0.121 e. The van der Waals surface area contributed by atoms with Crippen molar-refractivity contribution in [3.8, 4) is 0 Å². The topological polar surface area (TPSA) is 65.2 Å². The number of aliphatic hydroxyl groups excluding tert-OH is 2. The Morgan fingerprint density at radius 1 is 0.472 bits per heavy atom. The van der Waals surface area contributed by atoms with Crippen LogP contribution in [0.1, 0.15) is 98.7 Å². The van der Waals surface area contributed by atoms with Gasteiger partial charge in [0.2, 0.25) is 0 Å². The Morgan fingerprint density at radius 2 is 0.833 bits per heavy atom. The third kappa shape index (κ3) is 7.35. The van der Waals surface area contributed by atoms with Crippen molar-refractivity contribution in [1.82, 2.24) is 0 Å². The number of hydrogen-bond donors (Lipinski definition) is 2. The Hall–Kier alpha value is -2.82. The Kier molecular flexibility index (Phi) is 10.2. The molecule has 2 unspecified atom stereocenters. The molecule has 0 aromatic heterocycles. The van der Waals surface area contributed by atoms with E-state index in [0.29, 0.717) is 0 Å². The number of aliphatic imine (C=N–C) groups is 2. The van der Waals surface area contributed by atoms with Crippen LogP contribution in [0, 0.1) is 0 Å². The first-order valence-corrected chi connectivity index (χ1v) is 13.7. The van der Waals surface area contributed by atoms with E-state index in [1.165, 1.54) is 51.4 Å². The van der Waals surface area contributed by atoms with Crippen LogP contribution in [0.2, 0.25) is 0 Å². The first kappa shape index (κ1) is 26.2. The maximum absolute atomic E-state index is 10.5. The normalized spacial score (nSPS) is 20.6. The molecule has 4 nitrogen and oxygen atoms in total. The van der Waals surface area contributed by atoms with E-state index >= 15 is 0 Å². The van der Waals surface area contributed by atoms with Crippen molar-refractivity contribution in [3.63, 3.8) is 0 Å². The first-order valence-electron chi connectivity index (χ1n) is 13.7. The van der Waals surface area contributed by atoms with Gasteiger partial charge in [0.25, 0.3) is 0 Å². The van der Waals surface area contributed by atoms with E-state index in [1.807, 2.05) is 72.8 Å². The van der Waals surface area contributed by atoms with E-state index in [0.717, 1.165) is 59.6 Å². The Bertz CT molecular complexity index is 1010. The molecular formula is C32H40N2O2. The molecule has 36 heavy (non-hydrogen) atoms. The van der Waals surface area contributed by atoms with Crippen LogP contribution in [-0.4, -0.2) is 34.7 Å². The van der Waals surface area contributed by atoms with Crippen LogP contribution in [0.25, 0.3) is 12.2 Å². The fourth-order valence-corrected chi connectivity index (χ4v) is 5.01. The molecule has 0 amide bonds. The van der Waals surface area contributed by atoms with E-state index in [2.05, 4.69) is 9.98 Å². The molecule has 2 aromatic carbocycles. The van der Waals surface area contributed by atoms with Gasteiger partial charge in [0.15, 0.2) is 0 Å². The Labute approximate surface area is 216 Å². The van der Waals surface area contributed by atoms with Gasteiger partial charge in [0, 0.05) is 13.1 Å². The van der Waals surface area contributed by atoms with Crippen molar-refractivity contribution < 1.29 is 10.2 Å². The fourth-order valence-electron chi connectivity index (χ4n) is 5.01. The highest BCUT2D eigenvalue weighted by Crippen LogP contribution is 2.27. The van der Waals surface area contributed by atoms with Crippen molar-refractivity contribution >= 4 is 23.6 Å². The monoisotopic (exact) mass is 484 g/mol. The predicted octanol–water partition coefficient (Wildman–Crippen LogP) is 7.29. The van der Waals surface area contributed by atoms with Gasteiger partial charge in [0.1, 0.15) is 12.2 Å². The van der Waals surface area contributed by atoms with Crippen LogP contribution in [-0.2, 0) is 0 Å². The third-order valence-electron chi connectivity index (χ3n) is 7.16. The number of aliphatic hydroxyl groups is 2. The zero-order chi connectivity index (χ0) is 25.0. The summed E-state index contributed by atoms with van der Waals surface area (Å²) >= 11 is 0. The minimum Gasteiger partial charge on any atom is -0.382 e. The van der Waals surface area contributed by atoms with Crippen molar-refractivity contribution in [2.45, 2.75) is 76.4 Å². The summed E-state index contributed by atoms with van der Waals surface area (Å²) in [6.07, 6.45) is 19.2. The molecular weight excluding hydrogens is 444 g/mol. The van der Waals surface area contributed by atoms with Gasteiger partial charge in [-0.3, -0.25) is 9.98 Å². The molecule has 2 aliphatic carbocycles. The number of unbranched alkanes of at least 4 members (excludes halogenated alkanes) is 9. The summed E-state index contributed by atoms with van der Waals surface area (Å²) in [5, 5.41) is 21.0. The van der Waals surface area contributed by atoms with Gasteiger partial charge in [-0.15, -0.1) is 0 Å². The van der Waals surface area contributed by atoms with Crippen molar-refractivity contribution in [2.75, 3.05) is 13.1 Å². The molecule has 0 fully saturated rings. The second-order valence-corrected chi connectivity index (χ2v) is 9.88. The molecule has 2 aromatic rings. The summed E-state index contributed by atoms with van der Waals surface area (Å²) in [7, 11) is 0. The van der Waals surface area contributed by atoms with Crippen LogP contribution in [0.15, 0.2) is 70.7 Å². The van der Waals surface area contributed by atoms with Gasteiger partial charge >= 0.3 is 0 Å². The largest absolute Gasteiger partial charge is 0.382 e. The summed E-state index contributed by atoms with van der Waals surface area (Å²) in [4.78, 5) is 9.29. The maximum Gasteiger partial charge on any atom is 0.121 e. The van der Waals surface area contributed by atoms with E-state index in [9.17, 15) is 10.2 Å². The first-order chi connectivity index (χ1) is 17.7. The van der Waals surface area contributed by atoms with Crippen molar-refractivity contribution in [3.05, 3.63) is 82.9 Å². The number of fused-ring (bicyclic) bond motifs is 2. The Morgan fingerprint density at radius 3 is 1.25 bits per heavy atom. The molecule has 0 aliphatic heterocycles. The molecule has 2 aliphatic rings. The van der Waals surface area contributed by atoms with Gasteiger partial charge in [-0.25, -0.2) is 0 Å². The molecule has 2 N–H and O–H groups in total. The van der Waals surface area contributed by atoms with Gasteiger partial charge < -0.3 is 10.2 Å². The summed E-state index contributed by atoms with van der Waals surface area (Å²) in [6.45, 7) is 1.59. The number of nitrogens with zero attached hydrogens (tertiary/aromatic N) is 2. The van der Waals surface area contributed by atoms with E-state index in [-0.39, 0.29) is 0 Å². The molecule has 2 atom stereocenters. The quantitative estimate of drug-likeness (QED) is 0.293. The molecule has 0 saturated carbocycles. The lowest BCUT2D eigenvalue weighted by molar-refractivity contribution is 0.247. The highest BCUT2D eigenvalue weighted by Gasteiger charge is 2.19. The van der Waals surface area contributed by atoms with Crippen LogP contribution < -0.4 is 0 Å². The number of hydrogen-bond acceptors (Lipinski definition) is 4. The molecule has 0 saturated heterocycles. The molecule has 0 heterocycles. The van der Waals surface area contributed by atoms with Gasteiger partial charge in [-0.05, 0) is 47.2 Å². The van der Waals surface area contributed by atoms with Gasteiger partial charge in [-0.1, -0.05) is 112 Å². The minimum absolute atomic E-state index is 0.591. The fraction of sp³-hybridized carbons (Fsp3) is 0.438. The number of rotatable bonds is 13. The molecule has 190 valence electrons. The average molecular weight is 485 g/mol. The van der Waals surface area contributed by atoms with E-state index < -0.39 is 12.2 Å². The summed E-state index contributed by atoms with van der Waals surface area (Å²) < 4.78 is 0. The predicted molar refractivity (Wildman–Crippen MR) is 152 cm³/mol. The standard InChI is InChI=1S/C32H40N2O2/c35-31-27-17-11-9-15-25(27)19-21-29(31)33-23-13-7-5-3-1-2-4-6-8-14-24-34-30-22-20-26-16-10-12-18-28(26)32(30)36/h9-12,15-22,31-32,35-36H,1-8,13-14,23-24H2/b33-29-,34-30-. The molecule has 0 spiro atoms.